The van der Waals surface area contributed by atoms with Gasteiger partial charge in [0.15, 0.2) is 0 Å². The second-order valence-corrected chi connectivity index (χ2v) is 4.93. The molecule has 0 saturated carbocycles. The van der Waals surface area contributed by atoms with E-state index < -0.39 is 0 Å². The number of aliphatic imine (C=N–C) groups is 1. The van der Waals surface area contributed by atoms with E-state index in [0.717, 1.165) is 12.5 Å². The van der Waals surface area contributed by atoms with Crippen LogP contribution in [0.3, 0.4) is 0 Å². The Balaban J connectivity index is 2.06. The van der Waals surface area contributed by atoms with E-state index in [-0.39, 0.29) is 0 Å². The van der Waals surface area contributed by atoms with Gasteiger partial charge >= 0.3 is 0 Å². The van der Waals surface area contributed by atoms with Gasteiger partial charge in [0.1, 0.15) is 0 Å². The first-order chi connectivity index (χ1) is 6.34. The molecule has 0 saturated heterocycles. The summed E-state index contributed by atoms with van der Waals surface area (Å²) in [7, 11) is 0. The lowest BCUT2D eigenvalue weighted by Gasteiger charge is -2.09. The highest BCUT2D eigenvalue weighted by atomic mass is 32.2. The molecule has 1 aliphatic rings. The molecule has 76 valence electrons. The lowest BCUT2D eigenvalue weighted by Crippen LogP contribution is -2.04. The third-order valence-corrected chi connectivity index (χ3v) is 3.74. The van der Waals surface area contributed by atoms with E-state index in [1.165, 1.54) is 42.9 Å². The Morgan fingerprint density at radius 3 is 2.85 bits per heavy atom. The van der Waals surface area contributed by atoms with Gasteiger partial charge in [-0.3, -0.25) is 4.99 Å². The Kier molecular flexibility index (Phi) is 5.52. The van der Waals surface area contributed by atoms with Crippen LogP contribution in [0, 0.1) is 5.92 Å². The highest BCUT2D eigenvalue weighted by Crippen LogP contribution is 2.22. The van der Waals surface area contributed by atoms with Crippen LogP contribution in [0.1, 0.15) is 46.0 Å². The van der Waals surface area contributed by atoms with Crippen molar-refractivity contribution in [1.82, 2.24) is 0 Å². The third-order valence-electron chi connectivity index (χ3n) is 2.52. The summed E-state index contributed by atoms with van der Waals surface area (Å²) >= 11 is 1.96. The van der Waals surface area contributed by atoms with Crippen molar-refractivity contribution < 1.29 is 0 Å². The molecule has 0 aromatic rings. The number of thioether (sulfide) groups is 1. The van der Waals surface area contributed by atoms with E-state index >= 15 is 0 Å². The maximum Gasteiger partial charge on any atom is 0.0705 e. The molecular weight excluding hydrogens is 178 g/mol. The zero-order valence-electron chi connectivity index (χ0n) is 8.88. The number of hydrogen-bond acceptors (Lipinski definition) is 2. The molecule has 1 atom stereocenters. The van der Waals surface area contributed by atoms with Crippen LogP contribution in [0.5, 0.6) is 0 Å². The van der Waals surface area contributed by atoms with Crippen LogP contribution < -0.4 is 0 Å². The Labute approximate surface area is 86.4 Å². The molecule has 1 nitrogen and oxygen atoms in total. The largest absolute Gasteiger partial charge is 0.282 e. The molecule has 0 N–H and O–H groups in total. The maximum absolute atomic E-state index is 4.51. The van der Waals surface area contributed by atoms with Crippen molar-refractivity contribution >= 4 is 16.8 Å². The quantitative estimate of drug-likeness (QED) is 0.594. The molecule has 0 amide bonds. The normalized spacial score (nSPS) is 18.8. The van der Waals surface area contributed by atoms with Gasteiger partial charge in [-0.1, -0.05) is 39.5 Å². The van der Waals surface area contributed by atoms with Gasteiger partial charge in [-0.05, 0) is 6.42 Å². The summed E-state index contributed by atoms with van der Waals surface area (Å²) in [6, 6.07) is 0. The fraction of sp³-hybridized carbons (Fsp3) is 0.909. The van der Waals surface area contributed by atoms with Gasteiger partial charge in [0, 0.05) is 18.2 Å². The van der Waals surface area contributed by atoms with E-state index in [4.69, 9.17) is 0 Å². The van der Waals surface area contributed by atoms with Gasteiger partial charge in [-0.2, -0.15) is 0 Å². The monoisotopic (exact) mass is 199 g/mol. The molecule has 13 heavy (non-hydrogen) atoms. The van der Waals surface area contributed by atoms with E-state index in [1.807, 2.05) is 11.8 Å². The molecule has 1 aliphatic heterocycles. The van der Waals surface area contributed by atoms with Gasteiger partial charge in [-0.15, -0.1) is 11.8 Å². The van der Waals surface area contributed by atoms with Crippen molar-refractivity contribution in [3.05, 3.63) is 0 Å². The molecular formula is C11H21NS. The maximum atomic E-state index is 4.51. The Morgan fingerprint density at radius 2 is 2.23 bits per heavy atom. The molecule has 0 aromatic carbocycles. The van der Waals surface area contributed by atoms with Gasteiger partial charge in [0.2, 0.25) is 0 Å². The summed E-state index contributed by atoms with van der Waals surface area (Å²) in [5, 5.41) is 1.41. The second-order valence-electron chi connectivity index (χ2n) is 3.82. The fourth-order valence-corrected chi connectivity index (χ4v) is 2.63. The Morgan fingerprint density at radius 1 is 1.38 bits per heavy atom. The second kappa shape index (κ2) is 6.47. The van der Waals surface area contributed by atoms with Gasteiger partial charge in [-0.25, -0.2) is 0 Å². The van der Waals surface area contributed by atoms with E-state index in [2.05, 4.69) is 18.8 Å². The van der Waals surface area contributed by atoms with Crippen LogP contribution in [-0.2, 0) is 0 Å². The minimum Gasteiger partial charge on any atom is -0.282 e. The molecule has 0 aliphatic carbocycles. The molecule has 0 bridgehead atoms. The number of hydrogen-bond donors (Lipinski definition) is 0. The van der Waals surface area contributed by atoms with Gasteiger partial charge in [0.25, 0.3) is 0 Å². The fourth-order valence-electron chi connectivity index (χ4n) is 1.65. The Hall–Kier alpha value is 0.0200. The molecule has 0 fully saturated rings. The van der Waals surface area contributed by atoms with E-state index in [9.17, 15) is 0 Å². The van der Waals surface area contributed by atoms with Crippen LogP contribution in [0.25, 0.3) is 0 Å². The Bertz CT molecular complexity index is 165. The lowest BCUT2D eigenvalue weighted by molar-refractivity contribution is 0.582. The number of unbranched alkanes of at least 4 members (excludes halogenated alkanes) is 3. The highest BCUT2D eigenvalue weighted by Gasteiger charge is 2.14. The first-order valence-electron chi connectivity index (χ1n) is 5.51. The SMILES string of the molecule is CCCCCCC(C)C1=NCCS1. The minimum atomic E-state index is 0.726. The predicted molar refractivity (Wildman–Crippen MR) is 62.7 cm³/mol. The summed E-state index contributed by atoms with van der Waals surface area (Å²) in [6.07, 6.45) is 6.86. The molecule has 1 rings (SSSR count). The summed E-state index contributed by atoms with van der Waals surface area (Å²) < 4.78 is 0. The number of rotatable bonds is 6. The lowest BCUT2D eigenvalue weighted by atomic mass is 10.0. The van der Waals surface area contributed by atoms with Crippen LogP contribution in [0.4, 0.5) is 0 Å². The molecule has 2 heteroatoms. The van der Waals surface area contributed by atoms with Crippen molar-refractivity contribution in [1.29, 1.82) is 0 Å². The first kappa shape index (κ1) is 11.1. The van der Waals surface area contributed by atoms with Gasteiger partial charge < -0.3 is 0 Å². The van der Waals surface area contributed by atoms with Crippen LogP contribution in [0.2, 0.25) is 0 Å². The smallest absolute Gasteiger partial charge is 0.0705 e. The topological polar surface area (TPSA) is 12.4 Å². The van der Waals surface area contributed by atoms with Crippen molar-refractivity contribution in [2.24, 2.45) is 10.9 Å². The van der Waals surface area contributed by atoms with Crippen molar-refractivity contribution in [3.63, 3.8) is 0 Å². The zero-order valence-corrected chi connectivity index (χ0v) is 9.70. The van der Waals surface area contributed by atoms with E-state index in [1.54, 1.807) is 0 Å². The summed E-state index contributed by atoms with van der Waals surface area (Å²) in [5.74, 6) is 1.94. The highest BCUT2D eigenvalue weighted by molar-refractivity contribution is 8.14. The van der Waals surface area contributed by atoms with Crippen molar-refractivity contribution in [2.75, 3.05) is 12.3 Å². The molecule has 0 radical (unpaired) electrons. The standard InChI is InChI=1S/C11H21NS/c1-3-4-5-6-7-10(2)11-12-8-9-13-11/h10H,3-9H2,1-2H3. The average molecular weight is 199 g/mol. The summed E-state index contributed by atoms with van der Waals surface area (Å²) in [5.41, 5.74) is 0. The summed E-state index contributed by atoms with van der Waals surface area (Å²) in [4.78, 5) is 4.51. The molecule has 0 aromatic heterocycles. The van der Waals surface area contributed by atoms with Crippen molar-refractivity contribution in [2.45, 2.75) is 46.0 Å². The van der Waals surface area contributed by atoms with Crippen LogP contribution in [0.15, 0.2) is 4.99 Å². The molecule has 0 spiro atoms. The minimum absolute atomic E-state index is 0.726. The van der Waals surface area contributed by atoms with Gasteiger partial charge in [0.05, 0.1) is 5.04 Å². The molecule has 1 heterocycles. The van der Waals surface area contributed by atoms with Crippen LogP contribution in [-0.4, -0.2) is 17.3 Å². The third kappa shape index (κ3) is 4.17. The molecule has 1 unspecified atom stereocenters. The average Bonchev–Trinajstić information content (AvgIpc) is 2.65. The predicted octanol–water partition coefficient (Wildman–Crippen LogP) is 3.74. The van der Waals surface area contributed by atoms with E-state index in [0.29, 0.717) is 0 Å². The zero-order chi connectivity index (χ0) is 9.52. The van der Waals surface area contributed by atoms with Crippen molar-refractivity contribution in [3.8, 4) is 0 Å². The first-order valence-corrected chi connectivity index (χ1v) is 6.50. The van der Waals surface area contributed by atoms with Crippen LogP contribution >= 0.6 is 11.8 Å². The number of nitrogens with zero attached hydrogens (tertiary/aromatic N) is 1. The summed E-state index contributed by atoms with van der Waals surface area (Å²) in [6.45, 7) is 5.64.